The molecule has 6 aromatic carbocycles. The molecule has 6 aromatic rings. The van der Waals surface area contributed by atoms with E-state index in [0.29, 0.717) is 0 Å². The number of rotatable bonds is 10. The second-order valence-electron chi connectivity index (χ2n) is 12.9. The van der Waals surface area contributed by atoms with Gasteiger partial charge in [-0.2, -0.15) is 0 Å². The highest BCUT2D eigenvalue weighted by atomic mass is 14.2. The number of aryl methyl sites for hydroxylation is 1. The van der Waals surface area contributed by atoms with E-state index in [1.54, 1.807) is 0 Å². The van der Waals surface area contributed by atoms with Crippen molar-refractivity contribution in [2.75, 3.05) is 0 Å². The average molecular weight is 641 g/mol. The van der Waals surface area contributed by atoms with Gasteiger partial charge in [0.25, 0.3) is 0 Å². The highest BCUT2D eigenvalue weighted by Gasteiger charge is 2.14. The topological polar surface area (TPSA) is 0 Å². The van der Waals surface area contributed by atoms with E-state index < -0.39 is 0 Å². The first kappa shape index (κ1) is 32.4. The summed E-state index contributed by atoms with van der Waals surface area (Å²) < 4.78 is 0. The largest absolute Gasteiger partial charge is 0.112 e. The molecule has 50 heavy (non-hydrogen) atoms. The van der Waals surface area contributed by atoms with Gasteiger partial charge in [0.05, 0.1) is 0 Å². The molecule has 1 aliphatic carbocycles. The monoisotopic (exact) mass is 640 g/mol. The predicted octanol–water partition coefficient (Wildman–Crippen LogP) is 13.4. The zero-order valence-electron chi connectivity index (χ0n) is 28.7. The molecule has 0 heteroatoms. The van der Waals surface area contributed by atoms with Crippen molar-refractivity contribution < 1.29 is 0 Å². The predicted molar refractivity (Wildman–Crippen MR) is 216 cm³/mol. The Labute approximate surface area is 297 Å². The van der Waals surface area contributed by atoms with Crippen LogP contribution >= 0.6 is 0 Å². The third-order valence-electron chi connectivity index (χ3n) is 9.46. The van der Waals surface area contributed by atoms with Crippen LogP contribution < -0.4 is 0 Å². The number of hydrogen-bond donors (Lipinski definition) is 0. The lowest BCUT2D eigenvalue weighted by Crippen LogP contribution is -1.97. The molecule has 0 spiro atoms. The molecular weight excluding hydrogens is 601 g/mol. The summed E-state index contributed by atoms with van der Waals surface area (Å²) in [5.41, 5.74) is 20.0. The molecular formula is C50H40. The fourth-order valence-corrected chi connectivity index (χ4v) is 6.46. The minimum atomic E-state index is 0.199. The van der Waals surface area contributed by atoms with Crippen LogP contribution in [0.3, 0.4) is 0 Å². The summed E-state index contributed by atoms with van der Waals surface area (Å²) >= 11 is 0. The molecule has 7 rings (SSSR count). The molecule has 0 heterocycles. The molecule has 0 bridgehead atoms. The van der Waals surface area contributed by atoms with Gasteiger partial charge in [-0.3, -0.25) is 0 Å². The maximum Gasteiger partial charge on any atom is 0.0237 e. The van der Waals surface area contributed by atoms with Gasteiger partial charge in [0.1, 0.15) is 0 Å². The number of benzene rings is 6. The van der Waals surface area contributed by atoms with Crippen LogP contribution in [-0.2, 0) is 0 Å². The molecule has 0 saturated carbocycles. The van der Waals surface area contributed by atoms with Crippen LogP contribution in [-0.4, -0.2) is 0 Å². The second-order valence-corrected chi connectivity index (χ2v) is 12.9. The Kier molecular flexibility index (Phi) is 9.65. The minimum absolute atomic E-state index is 0.199. The van der Waals surface area contributed by atoms with Crippen LogP contribution in [0.2, 0.25) is 0 Å². The summed E-state index contributed by atoms with van der Waals surface area (Å²) in [5.74, 6) is 0.199. The van der Waals surface area contributed by atoms with Crippen molar-refractivity contribution in [3.63, 3.8) is 0 Å². The van der Waals surface area contributed by atoms with Crippen molar-refractivity contribution in [3.8, 4) is 22.3 Å². The maximum absolute atomic E-state index is 4.27. The van der Waals surface area contributed by atoms with Crippen LogP contribution in [0.5, 0.6) is 0 Å². The molecule has 0 aliphatic heterocycles. The Morgan fingerprint density at radius 3 is 1.88 bits per heavy atom. The highest BCUT2D eigenvalue weighted by Crippen LogP contribution is 2.35. The molecule has 1 unspecified atom stereocenters. The molecule has 0 amide bonds. The van der Waals surface area contributed by atoms with E-state index in [1.807, 2.05) is 30.4 Å². The molecule has 1 atom stereocenters. The van der Waals surface area contributed by atoms with Gasteiger partial charge < -0.3 is 0 Å². The lowest BCUT2D eigenvalue weighted by atomic mass is 9.87. The quantitative estimate of drug-likeness (QED) is 0.103. The fourth-order valence-electron chi connectivity index (χ4n) is 6.46. The van der Waals surface area contributed by atoms with Gasteiger partial charge in [-0.05, 0) is 103 Å². The van der Waals surface area contributed by atoms with E-state index in [2.05, 4.69) is 184 Å². The van der Waals surface area contributed by atoms with Crippen LogP contribution in [0.25, 0.3) is 45.0 Å². The molecule has 240 valence electrons. The van der Waals surface area contributed by atoms with Crippen LogP contribution in [0, 0.1) is 6.92 Å². The minimum Gasteiger partial charge on any atom is -0.112 e. The second kappa shape index (κ2) is 14.9. The van der Waals surface area contributed by atoms with E-state index in [9.17, 15) is 0 Å². The van der Waals surface area contributed by atoms with Crippen molar-refractivity contribution >= 4 is 22.8 Å². The Balaban J connectivity index is 1.23. The molecule has 0 aromatic heterocycles. The van der Waals surface area contributed by atoms with Crippen molar-refractivity contribution in [2.24, 2.45) is 0 Å². The summed E-state index contributed by atoms with van der Waals surface area (Å²) in [4.78, 5) is 0. The molecule has 1 aliphatic rings. The normalized spacial score (nSPS) is 13.1. The zero-order valence-corrected chi connectivity index (χ0v) is 28.7. The summed E-state index contributed by atoms with van der Waals surface area (Å²) in [6.45, 7) is 8.78. The Hall–Kier alpha value is -6.20. The van der Waals surface area contributed by atoms with Crippen LogP contribution in [0.1, 0.15) is 51.8 Å². The fraction of sp³-hybridized carbons (Fsp3) is 0.0600. The molecule has 0 saturated heterocycles. The van der Waals surface area contributed by atoms with Gasteiger partial charge in [-0.25, -0.2) is 0 Å². The summed E-state index contributed by atoms with van der Waals surface area (Å²) in [5, 5.41) is 0. The number of hydrogen-bond acceptors (Lipinski definition) is 0. The third-order valence-corrected chi connectivity index (χ3v) is 9.46. The van der Waals surface area contributed by atoms with Crippen molar-refractivity contribution in [3.05, 3.63) is 233 Å². The van der Waals surface area contributed by atoms with E-state index in [4.69, 9.17) is 0 Å². The van der Waals surface area contributed by atoms with E-state index >= 15 is 0 Å². The maximum atomic E-state index is 4.27. The third kappa shape index (κ3) is 7.43. The summed E-state index contributed by atoms with van der Waals surface area (Å²) in [6.07, 6.45) is 12.8. The molecule has 0 nitrogen and oxygen atoms in total. The molecule has 0 fully saturated rings. The Morgan fingerprint density at radius 1 is 0.620 bits per heavy atom. The van der Waals surface area contributed by atoms with Crippen LogP contribution in [0.15, 0.2) is 194 Å². The van der Waals surface area contributed by atoms with Crippen molar-refractivity contribution in [1.82, 2.24) is 0 Å². The van der Waals surface area contributed by atoms with Crippen molar-refractivity contribution in [1.29, 1.82) is 0 Å². The highest BCUT2D eigenvalue weighted by molar-refractivity contribution is 5.85. The van der Waals surface area contributed by atoms with E-state index in [1.165, 1.54) is 55.6 Å². The summed E-state index contributed by atoms with van der Waals surface area (Å²) in [7, 11) is 0. The van der Waals surface area contributed by atoms with E-state index in [-0.39, 0.29) is 5.92 Å². The van der Waals surface area contributed by atoms with Gasteiger partial charge >= 0.3 is 0 Å². The zero-order chi connectivity index (χ0) is 34.3. The first-order valence-corrected chi connectivity index (χ1v) is 17.3. The standard InChI is InChI=1S/C50H40/c1-36(40-12-6-4-7-13-40)18-20-39-21-24-47(25-22-39)50(34-38(3)41-26-28-44(29-27-41)43-16-10-11-17-43)49-35-48(23-19-37(49)2)46-32-30-45(31-33-46)42-14-8-5-9-15-42/h4-16,18-35,38H,1H2,2-3H3/b20-18-,50-34-. The molecule has 0 radical (unpaired) electrons. The average Bonchev–Trinajstić information content (AvgIpc) is 3.73. The van der Waals surface area contributed by atoms with E-state index in [0.717, 1.165) is 22.3 Å². The van der Waals surface area contributed by atoms with Gasteiger partial charge in [-0.1, -0.05) is 183 Å². The first-order valence-electron chi connectivity index (χ1n) is 17.3. The Morgan fingerprint density at radius 2 is 1.22 bits per heavy atom. The summed E-state index contributed by atoms with van der Waals surface area (Å²) in [6, 6.07) is 54.5. The van der Waals surface area contributed by atoms with Gasteiger partial charge in [-0.15, -0.1) is 5.73 Å². The smallest absolute Gasteiger partial charge is 0.0237 e. The lowest BCUT2D eigenvalue weighted by molar-refractivity contribution is 0.968. The van der Waals surface area contributed by atoms with Crippen LogP contribution in [0.4, 0.5) is 0 Å². The van der Waals surface area contributed by atoms with Crippen molar-refractivity contribution in [2.45, 2.75) is 19.8 Å². The Bertz CT molecular complexity index is 2270. The lowest BCUT2D eigenvalue weighted by Gasteiger charge is -2.17. The number of allylic oxidation sites excluding steroid dienone is 6. The van der Waals surface area contributed by atoms with Gasteiger partial charge in [0.2, 0.25) is 0 Å². The first-order chi connectivity index (χ1) is 24.5. The van der Waals surface area contributed by atoms with Gasteiger partial charge in [0, 0.05) is 5.57 Å². The molecule has 0 N–H and O–H groups in total. The SMILES string of the molecule is C=C(/C=C\c1ccc(/C(=C/C(C)c2ccc(C3=C=CC=C3)cc2)c2cc(-c3ccc(-c4ccccc4)cc3)ccc2C)cc1)c1ccccc1. The van der Waals surface area contributed by atoms with Gasteiger partial charge in [0.15, 0.2) is 0 Å².